The molecule has 2 aromatic rings. The molecule has 1 aliphatic heterocycles. The number of rotatable bonds is 5. The van der Waals surface area contributed by atoms with E-state index in [0.29, 0.717) is 29.4 Å². The van der Waals surface area contributed by atoms with Gasteiger partial charge in [0.1, 0.15) is 12.4 Å². The van der Waals surface area contributed by atoms with Crippen molar-refractivity contribution < 1.29 is 19.0 Å². The highest BCUT2D eigenvalue weighted by Crippen LogP contribution is 2.32. The van der Waals surface area contributed by atoms with Gasteiger partial charge >= 0.3 is 0 Å². The van der Waals surface area contributed by atoms with Gasteiger partial charge in [-0.15, -0.1) is 0 Å². The van der Waals surface area contributed by atoms with Gasteiger partial charge in [0, 0.05) is 21.8 Å². The van der Waals surface area contributed by atoms with Gasteiger partial charge in [-0.05, 0) is 43.3 Å². The van der Waals surface area contributed by atoms with Crippen LogP contribution in [0.15, 0.2) is 46.4 Å². The highest BCUT2D eigenvalue weighted by atomic mass is 79.9. The minimum absolute atomic E-state index is 0.211. The molecule has 0 aliphatic carbocycles. The van der Waals surface area contributed by atoms with Gasteiger partial charge in [-0.25, -0.2) is 0 Å². The third-order valence-corrected chi connectivity index (χ3v) is 4.19. The van der Waals surface area contributed by atoms with Crippen LogP contribution in [0.3, 0.4) is 0 Å². The first-order chi connectivity index (χ1) is 12.1. The molecule has 0 spiro atoms. The Morgan fingerprint density at radius 2 is 2.08 bits per heavy atom. The average Bonchev–Trinajstić information content (AvgIpc) is 2.62. The number of carbonyl (C=O) groups is 1. The monoisotopic (exact) mass is 403 g/mol. The van der Waals surface area contributed by atoms with E-state index in [0.717, 1.165) is 15.8 Å². The maximum absolute atomic E-state index is 12.5. The quantitative estimate of drug-likeness (QED) is 0.809. The van der Waals surface area contributed by atoms with E-state index >= 15 is 0 Å². The average molecular weight is 404 g/mol. The molecular formula is C19H18BrNO4. The number of benzene rings is 2. The Morgan fingerprint density at radius 1 is 1.24 bits per heavy atom. The minimum Gasteiger partial charge on any atom is -0.493 e. The number of anilines is 1. The van der Waals surface area contributed by atoms with E-state index in [1.54, 1.807) is 25.3 Å². The second-order valence-electron chi connectivity index (χ2n) is 5.39. The van der Waals surface area contributed by atoms with Crippen LogP contribution in [0.25, 0.3) is 6.08 Å². The van der Waals surface area contributed by atoms with Gasteiger partial charge in [-0.2, -0.15) is 0 Å². The third kappa shape index (κ3) is 3.96. The Morgan fingerprint density at radius 3 is 2.84 bits per heavy atom. The normalized spacial score (nSPS) is 12.5. The largest absolute Gasteiger partial charge is 0.493 e. The van der Waals surface area contributed by atoms with Crippen molar-refractivity contribution >= 4 is 33.6 Å². The minimum atomic E-state index is -0.211. The Labute approximate surface area is 154 Å². The Kier molecular flexibility index (Phi) is 5.28. The third-order valence-electron chi connectivity index (χ3n) is 3.70. The molecule has 5 nitrogen and oxygen atoms in total. The van der Waals surface area contributed by atoms with Crippen LogP contribution >= 0.6 is 15.9 Å². The molecule has 1 N–H and O–H groups in total. The molecule has 0 fully saturated rings. The number of methoxy groups -OCH3 is 1. The molecule has 0 unspecified atom stereocenters. The van der Waals surface area contributed by atoms with Crippen LogP contribution in [0, 0.1) is 0 Å². The first-order valence-electron chi connectivity index (χ1n) is 7.86. The smallest absolute Gasteiger partial charge is 0.255 e. The van der Waals surface area contributed by atoms with Crippen LogP contribution in [0.4, 0.5) is 5.69 Å². The van der Waals surface area contributed by atoms with Gasteiger partial charge < -0.3 is 19.5 Å². The van der Waals surface area contributed by atoms with Crippen molar-refractivity contribution in [2.75, 3.05) is 25.6 Å². The van der Waals surface area contributed by atoms with Crippen LogP contribution in [-0.4, -0.2) is 26.2 Å². The summed E-state index contributed by atoms with van der Waals surface area (Å²) >= 11 is 3.43. The highest BCUT2D eigenvalue weighted by Gasteiger charge is 2.18. The number of nitrogens with one attached hydrogen (secondary N) is 1. The van der Waals surface area contributed by atoms with Crippen LogP contribution in [0.5, 0.6) is 17.2 Å². The van der Waals surface area contributed by atoms with Crippen LogP contribution in [-0.2, 0) is 4.79 Å². The molecule has 2 aromatic carbocycles. The lowest BCUT2D eigenvalue weighted by molar-refractivity contribution is -0.113. The van der Waals surface area contributed by atoms with Gasteiger partial charge in [0.05, 0.1) is 19.3 Å². The zero-order valence-electron chi connectivity index (χ0n) is 14.0. The Hall–Kier alpha value is -2.47. The first kappa shape index (κ1) is 17.4. The first-order valence-corrected chi connectivity index (χ1v) is 8.65. The number of hydrogen-bond donors (Lipinski definition) is 1. The zero-order valence-corrected chi connectivity index (χ0v) is 15.6. The molecule has 1 heterocycles. The molecule has 130 valence electrons. The molecule has 0 bridgehead atoms. The Bertz CT molecular complexity index is 832. The van der Waals surface area contributed by atoms with E-state index in [1.807, 2.05) is 31.2 Å². The predicted molar refractivity (Wildman–Crippen MR) is 100 cm³/mol. The molecule has 0 radical (unpaired) electrons. The summed E-state index contributed by atoms with van der Waals surface area (Å²) in [5.74, 6) is 1.77. The summed E-state index contributed by atoms with van der Waals surface area (Å²) in [5.41, 5.74) is 2.06. The number of amides is 1. The molecule has 3 rings (SSSR count). The summed E-state index contributed by atoms with van der Waals surface area (Å²) in [7, 11) is 1.57. The summed E-state index contributed by atoms with van der Waals surface area (Å²) in [6, 6.07) is 11.0. The maximum Gasteiger partial charge on any atom is 0.255 e. The molecule has 0 atom stereocenters. The van der Waals surface area contributed by atoms with Crippen molar-refractivity contribution in [2.45, 2.75) is 6.92 Å². The second kappa shape index (κ2) is 7.61. The number of fused-ring (bicyclic) bond motifs is 1. The predicted octanol–water partition coefficient (Wildman–Crippen LogP) is 4.27. The highest BCUT2D eigenvalue weighted by molar-refractivity contribution is 9.10. The van der Waals surface area contributed by atoms with E-state index in [1.165, 1.54) is 0 Å². The fourth-order valence-electron chi connectivity index (χ4n) is 2.51. The number of hydrogen-bond acceptors (Lipinski definition) is 4. The Balaban J connectivity index is 1.78. The number of halogens is 1. The van der Waals surface area contributed by atoms with Gasteiger partial charge in [-0.1, -0.05) is 15.9 Å². The fourth-order valence-corrected chi connectivity index (χ4v) is 2.89. The van der Waals surface area contributed by atoms with Crippen LogP contribution in [0.1, 0.15) is 12.5 Å². The maximum atomic E-state index is 12.5. The van der Waals surface area contributed by atoms with Gasteiger partial charge in [0.15, 0.2) is 11.5 Å². The standard InChI is InChI=1S/C19H18BrNO4/c1-3-24-17-7-5-15(10-18(17)23-2)21-19(22)13-8-12-9-14(20)4-6-16(12)25-11-13/h4-10H,3,11H2,1-2H3,(H,21,22). The van der Waals surface area contributed by atoms with Gasteiger partial charge in [0.2, 0.25) is 0 Å². The van der Waals surface area contributed by atoms with Crippen molar-refractivity contribution in [3.63, 3.8) is 0 Å². The SMILES string of the molecule is CCOc1ccc(NC(=O)C2=Cc3cc(Br)ccc3OC2)cc1OC. The second-order valence-corrected chi connectivity index (χ2v) is 6.31. The summed E-state index contributed by atoms with van der Waals surface area (Å²) in [5, 5.41) is 2.87. The molecular weight excluding hydrogens is 386 g/mol. The molecule has 1 amide bonds. The molecule has 0 saturated heterocycles. The van der Waals surface area contributed by atoms with Crippen LogP contribution in [0.2, 0.25) is 0 Å². The summed E-state index contributed by atoms with van der Waals surface area (Å²) in [4.78, 5) is 12.5. The topological polar surface area (TPSA) is 56.8 Å². The molecule has 0 aromatic heterocycles. The van der Waals surface area contributed by atoms with Crippen molar-refractivity contribution in [1.29, 1.82) is 0 Å². The van der Waals surface area contributed by atoms with E-state index in [9.17, 15) is 4.79 Å². The zero-order chi connectivity index (χ0) is 17.8. The fraction of sp³-hybridized carbons (Fsp3) is 0.211. The van der Waals surface area contributed by atoms with E-state index in [2.05, 4.69) is 21.2 Å². The van der Waals surface area contributed by atoms with Crippen LogP contribution < -0.4 is 19.5 Å². The summed E-state index contributed by atoms with van der Waals surface area (Å²) < 4.78 is 17.4. The van der Waals surface area contributed by atoms with Crippen molar-refractivity contribution in [1.82, 2.24) is 0 Å². The molecule has 6 heteroatoms. The van der Waals surface area contributed by atoms with E-state index < -0.39 is 0 Å². The van der Waals surface area contributed by atoms with E-state index in [-0.39, 0.29) is 12.5 Å². The van der Waals surface area contributed by atoms with Crippen molar-refractivity contribution in [2.24, 2.45) is 0 Å². The van der Waals surface area contributed by atoms with Crippen molar-refractivity contribution in [3.8, 4) is 17.2 Å². The van der Waals surface area contributed by atoms with Gasteiger partial charge in [0.25, 0.3) is 5.91 Å². The molecule has 1 aliphatic rings. The molecule has 25 heavy (non-hydrogen) atoms. The van der Waals surface area contributed by atoms with Crippen molar-refractivity contribution in [3.05, 3.63) is 52.0 Å². The molecule has 0 saturated carbocycles. The lowest BCUT2D eigenvalue weighted by Gasteiger charge is -2.18. The summed E-state index contributed by atoms with van der Waals surface area (Å²) in [6.45, 7) is 2.68. The lowest BCUT2D eigenvalue weighted by atomic mass is 10.1. The summed E-state index contributed by atoms with van der Waals surface area (Å²) in [6.07, 6.45) is 1.84. The van der Waals surface area contributed by atoms with Gasteiger partial charge in [-0.3, -0.25) is 4.79 Å². The van der Waals surface area contributed by atoms with E-state index in [4.69, 9.17) is 14.2 Å². The number of carbonyl (C=O) groups excluding carboxylic acids is 1. The number of ether oxygens (including phenoxy) is 3. The lowest BCUT2D eigenvalue weighted by Crippen LogP contribution is -2.21.